The fraction of sp³-hybridized carbons (Fsp3) is 0.500. The van der Waals surface area contributed by atoms with Gasteiger partial charge in [-0.25, -0.2) is 12.2 Å². The van der Waals surface area contributed by atoms with E-state index >= 15 is 0 Å². The molecule has 0 heterocycles. The molecule has 0 radical (unpaired) electrons. The van der Waals surface area contributed by atoms with E-state index in [0.29, 0.717) is 0 Å². The maximum atomic E-state index is 3.67. The molecule has 0 atom stereocenters. The normalized spacial score (nSPS) is 12.7. The SMILES string of the molecule is CC(C)(C)c1[c-]c2c(cc1)-c1ccc(C(C)(C)C)cc1C2.CCC[Si](=[Zr+2])CCC.[C-]1=CC=CC1.[Cl-].[Cl-]. The number of hydrogen-bond donors (Lipinski definition) is 0. The van der Waals surface area contributed by atoms with Crippen LogP contribution < -0.4 is 24.8 Å². The van der Waals surface area contributed by atoms with E-state index in [1.54, 1.807) is 12.1 Å². The molecule has 0 bridgehead atoms. The second kappa shape index (κ2) is 16.5. The van der Waals surface area contributed by atoms with Crippen LogP contribution in [0.1, 0.15) is 96.9 Å². The van der Waals surface area contributed by atoms with Crippen LogP contribution in [-0.4, -0.2) is 5.43 Å². The maximum Gasteiger partial charge on any atom is -0.109 e. The number of allylic oxidation sites excluding steroid dienone is 4. The average molecular weight is 619 g/mol. The number of benzene rings is 2. The van der Waals surface area contributed by atoms with Crippen LogP contribution in [0.25, 0.3) is 11.1 Å². The Morgan fingerprint density at radius 3 is 1.92 bits per heavy atom. The summed E-state index contributed by atoms with van der Waals surface area (Å²) >= 11 is 1.84. The summed E-state index contributed by atoms with van der Waals surface area (Å²) in [6.45, 7) is 18.2. The topological polar surface area (TPSA) is 0 Å². The Kier molecular flexibility index (Phi) is 16.4. The van der Waals surface area contributed by atoms with Crippen LogP contribution in [0.15, 0.2) is 48.6 Å². The summed E-state index contributed by atoms with van der Waals surface area (Å²) in [6, 6.07) is 18.3. The first kappa shape index (κ1) is 35.6. The van der Waals surface area contributed by atoms with Crippen molar-refractivity contribution in [2.45, 2.75) is 104 Å². The smallest absolute Gasteiger partial charge is 0.109 e. The second-order valence-corrected chi connectivity index (χ2v) is 18.8. The van der Waals surface area contributed by atoms with Gasteiger partial charge in [-0.15, -0.1) is 17.5 Å². The number of halogens is 2. The zero-order valence-corrected chi connectivity index (χ0v) is 28.6. The number of hydrogen-bond acceptors (Lipinski definition) is 0. The van der Waals surface area contributed by atoms with Crippen molar-refractivity contribution in [3.63, 3.8) is 0 Å². The van der Waals surface area contributed by atoms with Crippen molar-refractivity contribution in [3.05, 3.63) is 83.0 Å². The Labute approximate surface area is 250 Å². The molecule has 0 fully saturated rings. The number of rotatable bonds is 4. The average Bonchev–Trinajstić information content (AvgIpc) is 3.44. The molecule has 2 aliphatic carbocycles. The molecule has 0 N–H and O–H groups in total. The van der Waals surface area contributed by atoms with Crippen molar-refractivity contribution in [2.75, 3.05) is 0 Å². The van der Waals surface area contributed by atoms with Crippen LogP contribution in [-0.2, 0) is 40.6 Å². The third kappa shape index (κ3) is 11.1. The summed E-state index contributed by atoms with van der Waals surface area (Å²) in [4.78, 5) is 0. The van der Waals surface area contributed by atoms with Gasteiger partial charge in [-0.3, -0.25) is 6.08 Å². The molecule has 0 aliphatic heterocycles. The third-order valence-electron chi connectivity index (χ3n) is 6.15. The van der Waals surface area contributed by atoms with Crippen molar-refractivity contribution in [3.8, 4) is 11.1 Å². The first-order valence-electron chi connectivity index (χ1n) is 12.9. The van der Waals surface area contributed by atoms with Crippen LogP contribution in [0.2, 0.25) is 12.1 Å². The first-order valence-corrected chi connectivity index (χ1v) is 18.5. The van der Waals surface area contributed by atoms with E-state index in [2.05, 4.69) is 104 Å². The van der Waals surface area contributed by atoms with E-state index in [9.17, 15) is 0 Å². The van der Waals surface area contributed by atoms with Gasteiger partial charge in [0.2, 0.25) is 0 Å². The Hall–Kier alpha value is -0.400. The van der Waals surface area contributed by atoms with Gasteiger partial charge >= 0.3 is 67.5 Å². The standard InChI is InChI=1S/C21H25.C6H14Si.C5H5.2ClH.Zr/c1-20(2,3)16-7-9-18-14(12-16)11-15-13-17(21(4,5)6)8-10-19(15)18;1-3-5-7-6-4-2;1-2-4-5-3-1;;;/h7-10,12H,11H2,1-6H3;3-6H2,1-2H3;1-3H,4H2;2*1H;/q-1;;-1;;;+2/p-2. The summed E-state index contributed by atoms with van der Waals surface area (Å²) in [7, 11) is 0. The minimum Gasteiger partial charge on any atom is -1.00 e. The fourth-order valence-electron chi connectivity index (χ4n) is 4.10. The Morgan fingerprint density at radius 1 is 0.861 bits per heavy atom. The predicted molar refractivity (Wildman–Crippen MR) is 148 cm³/mol. The van der Waals surface area contributed by atoms with Gasteiger partial charge in [-0.1, -0.05) is 65.3 Å². The van der Waals surface area contributed by atoms with Gasteiger partial charge in [0.1, 0.15) is 0 Å². The molecule has 36 heavy (non-hydrogen) atoms. The fourth-order valence-corrected chi connectivity index (χ4v) is 9.24. The summed E-state index contributed by atoms with van der Waals surface area (Å²) < 4.78 is 0. The van der Waals surface area contributed by atoms with Crippen molar-refractivity contribution in [2.24, 2.45) is 0 Å². The van der Waals surface area contributed by atoms with Crippen LogP contribution in [0.4, 0.5) is 0 Å². The minimum absolute atomic E-state index is 0. The van der Waals surface area contributed by atoms with Crippen LogP contribution in [0.5, 0.6) is 0 Å². The molecular formula is C32H44Cl2SiZr-2. The van der Waals surface area contributed by atoms with Gasteiger partial charge in [0.05, 0.1) is 0 Å². The summed E-state index contributed by atoms with van der Waals surface area (Å²) in [5, 5.41) is 0. The molecule has 2 aliphatic rings. The van der Waals surface area contributed by atoms with Crippen molar-refractivity contribution < 1.29 is 48.1 Å². The molecule has 0 spiro atoms. The van der Waals surface area contributed by atoms with Gasteiger partial charge in [-0.05, 0) is 28.4 Å². The van der Waals surface area contributed by atoms with Gasteiger partial charge in [0.25, 0.3) is 0 Å². The van der Waals surface area contributed by atoms with Gasteiger partial charge < -0.3 is 24.8 Å². The molecular weight excluding hydrogens is 575 g/mol. The van der Waals surface area contributed by atoms with E-state index in [-0.39, 0.29) is 41.1 Å². The van der Waals surface area contributed by atoms with Gasteiger partial charge in [0, 0.05) is 0 Å². The second-order valence-electron chi connectivity index (χ2n) is 11.4. The molecule has 2 aromatic rings. The molecule has 0 unspecified atom stereocenters. The summed E-state index contributed by atoms with van der Waals surface area (Å²) in [6.07, 6.45) is 13.9. The predicted octanol–water partition coefficient (Wildman–Crippen LogP) is 3.31. The molecule has 0 saturated carbocycles. The number of fused-ring (bicyclic) bond motifs is 3. The summed E-state index contributed by atoms with van der Waals surface area (Å²) in [5.74, 6) is 0. The van der Waals surface area contributed by atoms with Crippen LogP contribution >= 0.6 is 0 Å². The van der Waals surface area contributed by atoms with Gasteiger partial charge in [0.15, 0.2) is 0 Å². The van der Waals surface area contributed by atoms with Crippen molar-refractivity contribution in [1.82, 2.24) is 0 Å². The molecule has 4 rings (SSSR count). The van der Waals surface area contributed by atoms with E-state index in [1.807, 2.05) is 35.5 Å². The van der Waals surface area contributed by atoms with Crippen LogP contribution in [0.3, 0.4) is 0 Å². The van der Waals surface area contributed by atoms with E-state index in [1.165, 1.54) is 46.2 Å². The Balaban J connectivity index is 0.000000681. The first-order chi connectivity index (χ1) is 16.0. The molecule has 0 nitrogen and oxygen atoms in total. The van der Waals surface area contributed by atoms with Crippen molar-refractivity contribution >= 4 is 5.43 Å². The Morgan fingerprint density at radius 2 is 1.47 bits per heavy atom. The summed E-state index contributed by atoms with van der Waals surface area (Å²) in [5.41, 5.74) is 8.90. The molecule has 196 valence electrons. The zero-order valence-electron chi connectivity index (χ0n) is 23.6. The minimum atomic E-state index is 0. The molecule has 2 aromatic carbocycles. The molecule has 4 heteroatoms. The largest absolute Gasteiger partial charge is 1.00 e. The van der Waals surface area contributed by atoms with Gasteiger partial charge in [-0.2, -0.15) is 29.8 Å². The maximum absolute atomic E-state index is 3.67. The monoisotopic (exact) mass is 616 g/mol. The third-order valence-corrected chi connectivity index (χ3v) is 12.0. The molecule has 0 aromatic heterocycles. The molecule has 0 saturated heterocycles. The molecule has 0 amide bonds. The Bertz CT molecular complexity index is 944. The van der Waals surface area contributed by atoms with Crippen molar-refractivity contribution in [1.29, 1.82) is 0 Å². The quantitative estimate of drug-likeness (QED) is 0.311. The van der Waals surface area contributed by atoms with Crippen LogP contribution in [0, 0.1) is 12.1 Å². The van der Waals surface area contributed by atoms with E-state index in [4.69, 9.17) is 0 Å². The van der Waals surface area contributed by atoms with E-state index < -0.39 is 0 Å². The zero-order chi connectivity index (χ0) is 25.4. The van der Waals surface area contributed by atoms with E-state index in [0.717, 1.165) is 12.8 Å².